The van der Waals surface area contributed by atoms with Gasteiger partial charge in [0.25, 0.3) is 0 Å². The van der Waals surface area contributed by atoms with Gasteiger partial charge in [0.2, 0.25) is 0 Å². The van der Waals surface area contributed by atoms with E-state index in [2.05, 4.69) is 21.9 Å². The molecular formula is C28H24N4O5S. The molecule has 0 spiro atoms. The zero-order chi connectivity index (χ0) is 26.9. The molecule has 0 atom stereocenters. The molecule has 3 aromatic rings. The second-order valence-corrected chi connectivity index (χ2v) is 9.36. The summed E-state index contributed by atoms with van der Waals surface area (Å²) < 4.78 is 10.7. The zero-order valence-electron chi connectivity index (χ0n) is 20.5. The molecule has 0 aliphatic heterocycles. The van der Waals surface area contributed by atoms with Crippen molar-refractivity contribution in [3.8, 4) is 17.6 Å². The minimum Gasteiger partial charge on any atom is -0.493 e. The predicted octanol–water partition coefficient (Wildman–Crippen LogP) is 4.21. The minimum atomic E-state index is -0.973. The molecule has 1 aliphatic carbocycles. The number of rotatable bonds is 7. The van der Waals surface area contributed by atoms with Crippen molar-refractivity contribution in [1.29, 1.82) is 5.26 Å². The van der Waals surface area contributed by atoms with Gasteiger partial charge in [0.05, 0.1) is 18.9 Å². The van der Waals surface area contributed by atoms with Gasteiger partial charge in [-0.2, -0.15) is 10.4 Å². The maximum Gasteiger partial charge on any atom is 0.336 e. The third-order valence-corrected chi connectivity index (χ3v) is 6.91. The first kappa shape index (κ1) is 26.3. The van der Waals surface area contributed by atoms with Gasteiger partial charge < -0.3 is 14.8 Å². The van der Waals surface area contributed by atoms with Crippen molar-refractivity contribution in [2.24, 2.45) is 5.10 Å². The fourth-order valence-corrected chi connectivity index (χ4v) is 5.10. The quantitative estimate of drug-likeness (QED) is 0.118. The van der Waals surface area contributed by atoms with Crippen LogP contribution in [0.4, 0.5) is 5.00 Å². The standard InChI is InChI=1S/C28H24N4O5S/c1-36-23-15-19(11-13-22(23)37-25(33)14-12-18-7-3-2-4-8-18)17-30-32-27(35)26(34)31-28-21(16-29)20-9-5-6-10-24(20)38-28/h2-4,7-8,11-15,17H,5-6,9-10H2,1H3,(H,31,34)(H,32,35). The molecule has 2 aromatic carbocycles. The number of benzene rings is 2. The number of thiophene rings is 1. The molecular weight excluding hydrogens is 504 g/mol. The first-order chi connectivity index (χ1) is 18.5. The van der Waals surface area contributed by atoms with Gasteiger partial charge in [-0.15, -0.1) is 11.3 Å². The fourth-order valence-electron chi connectivity index (χ4n) is 3.87. The van der Waals surface area contributed by atoms with Crippen molar-refractivity contribution < 1.29 is 23.9 Å². The number of nitrogens with zero attached hydrogens (tertiary/aromatic N) is 2. The van der Waals surface area contributed by atoms with E-state index in [1.807, 2.05) is 30.3 Å². The van der Waals surface area contributed by atoms with Crippen LogP contribution in [-0.4, -0.2) is 31.1 Å². The summed E-state index contributed by atoms with van der Waals surface area (Å²) in [5.41, 5.74) is 4.95. The monoisotopic (exact) mass is 528 g/mol. The first-order valence-electron chi connectivity index (χ1n) is 11.8. The molecule has 10 heteroatoms. The average Bonchev–Trinajstić information content (AvgIpc) is 3.29. The number of ether oxygens (including phenoxy) is 2. The second kappa shape index (κ2) is 12.5. The number of anilines is 1. The molecule has 38 heavy (non-hydrogen) atoms. The van der Waals surface area contributed by atoms with Crippen LogP contribution in [0.5, 0.6) is 11.5 Å². The maximum absolute atomic E-state index is 12.4. The normalized spacial score (nSPS) is 12.5. The Balaban J connectivity index is 1.34. The largest absolute Gasteiger partial charge is 0.493 e. The molecule has 1 heterocycles. The van der Waals surface area contributed by atoms with Crippen LogP contribution in [0.15, 0.2) is 59.7 Å². The van der Waals surface area contributed by atoms with Gasteiger partial charge in [0, 0.05) is 11.0 Å². The molecule has 9 nitrogen and oxygen atoms in total. The van der Waals surface area contributed by atoms with E-state index in [0.29, 0.717) is 16.1 Å². The van der Waals surface area contributed by atoms with Crippen LogP contribution in [0.2, 0.25) is 0 Å². The molecule has 2 amide bonds. The smallest absolute Gasteiger partial charge is 0.336 e. The topological polar surface area (TPSA) is 130 Å². The van der Waals surface area contributed by atoms with Crippen LogP contribution in [-0.2, 0) is 27.2 Å². The molecule has 1 aliphatic rings. The Bertz CT molecular complexity index is 1450. The Morgan fingerprint density at radius 2 is 1.82 bits per heavy atom. The number of hydrogen-bond donors (Lipinski definition) is 2. The number of aryl methyl sites for hydroxylation is 1. The van der Waals surface area contributed by atoms with Gasteiger partial charge >= 0.3 is 17.8 Å². The van der Waals surface area contributed by atoms with E-state index in [4.69, 9.17) is 9.47 Å². The molecule has 0 unspecified atom stereocenters. The summed E-state index contributed by atoms with van der Waals surface area (Å²) in [5, 5.41) is 16.2. The van der Waals surface area contributed by atoms with Gasteiger partial charge in [-0.3, -0.25) is 9.59 Å². The van der Waals surface area contributed by atoms with Gasteiger partial charge in [-0.1, -0.05) is 30.3 Å². The number of methoxy groups -OCH3 is 1. The van der Waals surface area contributed by atoms with Gasteiger partial charge in [0.1, 0.15) is 11.1 Å². The van der Waals surface area contributed by atoms with E-state index in [9.17, 15) is 19.6 Å². The minimum absolute atomic E-state index is 0.211. The van der Waals surface area contributed by atoms with Crippen molar-refractivity contribution in [3.05, 3.63) is 81.7 Å². The highest BCUT2D eigenvalue weighted by atomic mass is 32.1. The van der Waals surface area contributed by atoms with E-state index < -0.39 is 17.8 Å². The lowest BCUT2D eigenvalue weighted by atomic mass is 9.96. The second-order valence-electron chi connectivity index (χ2n) is 8.26. The summed E-state index contributed by atoms with van der Waals surface area (Å²) in [7, 11) is 1.43. The van der Waals surface area contributed by atoms with Crippen molar-refractivity contribution in [2.45, 2.75) is 25.7 Å². The summed E-state index contributed by atoms with van der Waals surface area (Å²) in [4.78, 5) is 37.9. The predicted molar refractivity (Wildman–Crippen MR) is 144 cm³/mol. The number of esters is 1. The van der Waals surface area contributed by atoms with E-state index >= 15 is 0 Å². The number of amides is 2. The molecule has 0 radical (unpaired) electrons. The Labute approximate surface area is 223 Å². The van der Waals surface area contributed by atoms with E-state index in [1.165, 1.54) is 36.8 Å². The Morgan fingerprint density at radius 1 is 1.03 bits per heavy atom. The lowest BCUT2D eigenvalue weighted by Gasteiger charge is -2.09. The fraction of sp³-hybridized carbons (Fsp3) is 0.179. The lowest BCUT2D eigenvalue weighted by Crippen LogP contribution is -2.32. The van der Waals surface area contributed by atoms with Crippen LogP contribution in [0.25, 0.3) is 6.08 Å². The highest BCUT2D eigenvalue weighted by molar-refractivity contribution is 7.16. The number of nitrogens with one attached hydrogen (secondary N) is 2. The van der Waals surface area contributed by atoms with Gasteiger partial charge in [-0.05, 0) is 66.6 Å². The summed E-state index contributed by atoms with van der Waals surface area (Å²) in [6, 6.07) is 16.2. The number of fused-ring (bicyclic) bond motifs is 1. The highest BCUT2D eigenvalue weighted by Gasteiger charge is 2.23. The van der Waals surface area contributed by atoms with Crippen molar-refractivity contribution in [1.82, 2.24) is 5.43 Å². The summed E-state index contributed by atoms with van der Waals surface area (Å²) in [6.07, 6.45) is 7.98. The van der Waals surface area contributed by atoms with Crippen LogP contribution in [0, 0.1) is 11.3 Å². The molecule has 1 aromatic heterocycles. The van der Waals surface area contributed by atoms with E-state index in [1.54, 1.807) is 18.2 Å². The summed E-state index contributed by atoms with van der Waals surface area (Å²) in [6.45, 7) is 0. The van der Waals surface area contributed by atoms with Gasteiger partial charge in [-0.25, -0.2) is 10.2 Å². The Hall–Kier alpha value is -4.75. The van der Waals surface area contributed by atoms with E-state index in [-0.39, 0.29) is 11.5 Å². The molecule has 192 valence electrons. The van der Waals surface area contributed by atoms with Crippen LogP contribution in [0.3, 0.4) is 0 Å². The van der Waals surface area contributed by atoms with E-state index in [0.717, 1.165) is 41.7 Å². The number of carbonyl (C=O) groups is 3. The maximum atomic E-state index is 12.4. The van der Waals surface area contributed by atoms with Crippen LogP contribution >= 0.6 is 11.3 Å². The lowest BCUT2D eigenvalue weighted by molar-refractivity contribution is -0.136. The highest BCUT2D eigenvalue weighted by Crippen LogP contribution is 2.37. The first-order valence-corrected chi connectivity index (χ1v) is 12.6. The Kier molecular flexibility index (Phi) is 8.64. The molecule has 2 N–H and O–H groups in total. The van der Waals surface area contributed by atoms with Crippen molar-refractivity contribution in [2.75, 3.05) is 12.4 Å². The molecule has 0 fully saturated rings. The third-order valence-electron chi connectivity index (χ3n) is 5.71. The molecule has 4 rings (SSSR count). The SMILES string of the molecule is COc1cc(C=NNC(=O)C(=O)Nc2sc3c(c2C#N)CCCC3)ccc1OC(=O)C=Cc1ccccc1. The number of hydrogen-bond acceptors (Lipinski definition) is 8. The number of carbonyl (C=O) groups excluding carboxylic acids is 3. The van der Waals surface area contributed by atoms with Gasteiger partial charge in [0.15, 0.2) is 11.5 Å². The number of hydrazone groups is 1. The Morgan fingerprint density at radius 3 is 2.58 bits per heavy atom. The van der Waals surface area contributed by atoms with Crippen molar-refractivity contribution >= 4 is 46.4 Å². The zero-order valence-corrected chi connectivity index (χ0v) is 21.3. The molecule has 0 bridgehead atoms. The number of nitriles is 1. The van der Waals surface area contributed by atoms with Crippen molar-refractivity contribution in [3.63, 3.8) is 0 Å². The average molecular weight is 529 g/mol. The third kappa shape index (κ3) is 6.52. The van der Waals surface area contributed by atoms with Crippen LogP contribution < -0.4 is 20.2 Å². The summed E-state index contributed by atoms with van der Waals surface area (Å²) >= 11 is 1.34. The molecule has 0 saturated carbocycles. The summed E-state index contributed by atoms with van der Waals surface area (Å²) in [5.74, 6) is -1.97. The van der Waals surface area contributed by atoms with Crippen LogP contribution in [0.1, 0.15) is 40.0 Å². The molecule has 0 saturated heterocycles.